The number of hydrogen-bond donors (Lipinski definition) is 2. The molecular formula is C9H19NO. The Bertz CT molecular complexity index is 106. The zero-order valence-corrected chi connectivity index (χ0v) is 7.13. The number of aliphatic hydroxyl groups is 1. The van der Waals surface area contributed by atoms with E-state index in [4.69, 9.17) is 5.73 Å². The molecule has 1 aliphatic rings. The fourth-order valence-electron chi connectivity index (χ4n) is 1.92. The molecule has 11 heavy (non-hydrogen) atoms. The van der Waals surface area contributed by atoms with Gasteiger partial charge in [0.15, 0.2) is 0 Å². The van der Waals surface area contributed by atoms with Crippen molar-refractivity contribution in [2.24, 2.45) is 11.7 Å². The molecule has 1 fully saturated rings. The van der Waals surface area contributed by atoms with Crippen LogP contribution in [0.25, 0.3) is 0 Å². The first kappa shape index (κ1) is 9.01. The van der Waals surface area contributed by atoms with Crippen molar-refractivity contribution in [3.8, 4) is 0 Å². The molecule has 0 aliphatic heterocycles. The fraction of sp³-hybridized carbons (Fsp3) is 1.00. The predicted octanol–water partition coefficient (Wildman–Crippen LogP) is 1.28. The molecule has 3 N–H and O–H groups in total. The summed E-state index contributed by atoms with van der Waals surface area (Å²) in [5.74, 6) is 0.488. The SMILES string of the molecule is NCCC1CCCCCC1O. The molecule has 0 radical (unpaired) electrons. The Hall–Kier alpha value is -0.0800. The zero-order valence-electron chi connectivity index (χ0n) is 7.13. The Morgan fingerprint density at radius 3 is 2.64 bits per heavy atom. The lowest BCUT2D eigenvalue weighted by atomic mass is 9.94. The first-order chi connectivity index (χ1) is 5.34. The molecule has 1 rings (SSSR count). The lowest BCUT2D eigenvalue weighted by Gasteiger charge is -2.18. The molecule has 0 aromatic carbocycles. The minimum Gasteiger partial charge on any atom is -0.393 e. The van der Waals surface area contributed by atoms with Crippen LogP contribution in [0, 0.1) is 5.92 Å². The van der Waals surface area contributed by atoms with Crippen LogP contribution in [0.2, 0.25) is 0 Å². The Kier molecular flexibility index (Phi) is 3.87. The fourth-order valence-corrected chi connectivity index (χ4v) is 1.92. The van der Waals surface area contributed by atoms with Crippen LogP contribution in [0.1, 0.15) is 38.5 Å². The highest BCUT2D eigenvalue weighted by molar-refractivity contribution is 4.72. The highest BCUT2D eigenvalue weighted by Crippen LogP contribution is 2.25. The third kappa shape index (κ3) is 2.80. The van der Waals surface area contributed by atoms with E-state index in [0.29, 0.717) is 5.92 Å². The normalized spacial score (nSPS) is 33.3. The average molecular weight is 157 g/mol. The summed E-state index contributed by atoms with van der Waals surface area (Å²) in [5, 5.41) is 9.62. The van der Waals surface area contributed by atoms with Crippen molar-refractivity contribution in [1.82, 2.24) is 0 Å². The summed E-state index contributed by atoms with van der Waals surface area (Å²) in [5.41, 5.74) is 5.46. The van der Waals surface area contributed by atoms with E-state index in [2.05, 4.69) is 0 Å². The molecule has 0 bridgehead atoms. The van der Waals surface area contributed by atoms with Crippen LogP contribution in [-0.4, -0.2) is 17.8 Å². The largest absolute Gasteiger partial charge is 0.393 e. The summed E-state index contributed by atoms with van der Waals surface area (Å²) in [7, 11) is 0. The molecule has 0 spiro atoms. The Morgan fingerprint density at radius 2 is 1.91 bits per heavy atom. The van der Waals surface area contributed by atoms with Crippen molar-refractivity contribution in [3.05, 3.63) is 0 Å². The summed E-state index contributed by atoms with van der Waals surface area (Å²) < 4.78 is 0. The minimum absolute atomic E-state index is 0.0685. The molecule has 0 saturated heterocycles. The van der Waals surface area contributed by atoms with Crippen LogP contribution in [0.3, 0.4) is 0 Å². The number of rotatable bonds is 2. The second-order valence-corrected chi connectivity index (χ2v) is 3.54. The van der Waals surface area contributed by atoms with Gasteiger partial charge in [0.2, 0.25) is 0 Å². The van der Waals surface area contributed by atoms with Gasteiger partial charge in [0.1, 0.15) is 0 Å². The van der Waals surface area contributed by atoms with Crippen molar-refractivity contribution in [2.45, 2.75) is 44.6 Å². The zero-order chi connectivity index (χ0) is 8.10. The van der Waals surface area contributed by atoms with E-state index >= 15 is 0 Å². The van der Waals surface area contributed by atoms with Crippen LogP contribution in [0.5, 0.6) is 0 Å². The topological polar surface area (TPSA) is 46.2 Å². The van der Waals surface area contributed by atoms with Gasteiger partial charge in [-0.3, -0.25) is 0 Å². The minimum atomic E-state index is -0.0685. The monoisotopic (exact) mass is 157 g/mol. The van der Waals surface area contributed by atoms with Gasteiger partial charge in [0.05, 0.1) is 6.10 Å². The van der Waals surface area contributed by atoms with Gasteiger partial charge in [-0.15, -0.1) is 0 Å². The molecule has 2 nitrogen and oxygen atoms in total. The number of nitrogens with two attached hydrogens (primary N) is 1. The lowest BCUT2D eigenvalue weighted by Crippen LogP contribution is -2.21. The van der Waals surface area contributed by atoms with Crippen molar-refractivity contribution in [3.63, 3.8) is 0 Å². The Morgan fingerprint density at radius 1 is 1.18 bits per heavy atom. The molecule has 0 amide bonds. The van der Waals surface area contributed by atoms with E-state index in [-0.39, 0.29) is 6.10 Å². The van der Waals surface area contributed by atoms with E-state index in [1.807, 2.05) is 0 Å². The molecule has 2 unspecified atom stereocenters. The summed E-state index contributed by atoms with van der Waals surface area (Å²) in [6.07, 6.45) is 6.87. The van der Waals surface area contributed by atoms with Gasteiger partial charge in [-0.25, -0.2) is 0 Å². The molecule has 1 saturated carbocycles. The van der Waals surface area contributed by atoms with E-state index in [1.165, 1.54) is 25.7 Å². The van der Waals surface area contributed by atoms with Crippen molar-refractivity contribution in [2.75, 3.05) is 6.54 Å². The van der Waals surface area contributed by atoms with Crippen molar-refractivity contribution >= 4 is 0 Å². The summed E-state index contributed by atoms with van der Waals surface area (Å²) in [6.45, 7) is 0.724. The van der Waals surface area contributed by atoms with E-state index < -0.39 is 0 Å². The van der Waals surface area contributed by atoms with Crippen LogP contribution in [0.4, 0.5) is 0 Å². The van der Waals surface area contributed by atoms with E-state index in [0.717, 1.165) is 19.4 Å². The number of hydrogen-bond acceptors (Lipinski definition) is 2. The quantitative estimate of drug-likeness (QED) is 0.593. The molecule has 2 atom stereocenters. The molecular weight excluding hydrogens is 138 g/mol. The van der Waals surface area contributed by atoms with Gasteiger partial charge in [-0.1, -0.05) is 19.3 Å². The summed E-state index contributed by atoms with van der Waals surface area (Å²) in [4.78, 5) is 0. The Balaban J connectivity index is 2.32. The average Bonchev–Trinajstić information content (AvgIpc) is 2.18. The Labute approximate surface area is 68.8 Å². The second kappa shape index (κ2) is 4.73. The molecule has 1 aliphatic carbocycles. The van der Waals surface area contributed by atoms with Gasteiger partial charge in [-0.2, -0.15) is 0 Å². The van der Waals surface area contributed by atoms with Crippen molar-refractivity contribution < 1.29 is 5.11 Å². The van der Waals surface area contributed by atoms with Crippen LogP contribution in [-0.2, 0) is 0 Å². The first-order valence-corrected chi connectivity index (χ1v) is 4.72. The highest BCUT2D eigenvalue weighted by atomic mass is 16.3. The molecule has 0 aromatic rings. The standard InChI is InChI=1S/C9H19NO/c10-7-6-8-4-2-1-3-5-9(8)11/h8-9,11H,1-7,10H2. The molecule has 0 heterocycles. The third-order valence-electron chi connectivity index (χ3n) is 2.66. The van der Waals surface area contributed by atoms with E-state index in [1.54, 1.807) is 0 Å². The molecule has 66 valence electrons. The lowest BCUT2D eigenvalue weighted by molar-refractivity contribution is 0.0971. The van der Waals surface area contributed by atoms with Gasteiger partial charge < -0.3 is 10.8 Å². The first-order valence-electron chi connectivity index (χ1n) is 4.72. The van der Waals surface area contributed by atoms with Gasteiger partial charge in [-0.05, 0) is 31.7 Å². The van der Waals surface area contributed by atoms with Crippen LogP contribution < -0.4 is 5.73 Å². The molecule has 0 aromatic heterocycles. The maximum atomic E-state index is 9.62. The molecule has 2 heteroatoms. The van der Waals surface area contributed by atoms with Crippen LogP contribution in [0.15, 0.2) is 0 Å². The van der Waals surface area contributed by atoms with Crippen molar-refractivity contribution in [1.29, 1.82) is 0 Å². The smallest absolute Gasteiger partial charge is 0.0568 e. The highest BCUT2D eigenvalue weighted by Gasteiger charge is 2.20. The third-order valence-corrected chi connectivity index (χ3v) is 2.66. The van der Waals surface area contributed by atoms with Gasteiger partial charge >= 0.3 is 0 Å². The van der Waals surface area contributed by atoms with Crippen LogP contribution >= 0.6 is 0 Å². The second-order valence-electron chi connectivity index (χ2n) is 3.54. The predicted molar refractivity (Wildman–Crippen MR) is 46.3 cm³/mol. The van der Waals surface area contributed by atoms with Gasteiger partial charge in [0, 0.05) is 0 Å². The summed E-state index contributed by atoms with van der Waals surface area (Å²) >= 11 is 0. The van der Waals surface area contributed by atoms with E-state index in [9.17, 15) is 5.11 Å². The summed E-state index contributed by atoms with van der Waals surface area (Å²) in [6, 6.07) is 0. The number of aliphatic hydroxyl groups excluding tert-OH is 1. The maximum absolute atomic E-state index is 9.62. The van der Waals surface area contributed by atoms with Gasteiger partial charge in [0.25, 0.3) is 0 Å². The maximum Gasteiger partial charge on any atom is 0.0568 e.